The number of hydrogen-bond acceptors (Lipinski definition) is 1. The summed E-state index contributed by atoms with van der Waals surface area (Å²) in [5, 5.41) is 0. The molecule has 2 aromatic heterocycles. The van der Waals surface area contributed by atoms with Crippen LogP contribution in [0.25, 0.3) is 11.1 Å². The first-order valence-corrected chi connectivity index (χ1v) is 9.42. The SMILES string of the molecule is C[n+]1ccc(-c2cc[n+](Cc3ccc([B]P=S)cc3)cc2)cc1. The van der Waals surface area contributed by atoms with E-state index in [4.69, 9.17) is 11.8 Å². The number of aromatic nitrogens is 2. The van der Waals surface area contributed by atoms with Crippen LogP contribution in [-0.4, -0.2) is 7.00 Å². The second-order valence-electron chi connectivity index (χ2n) is 5.49. The molecule has 1 radical (unpaired) electrons. The summed E-state index contributed by atoms with van der Waals surface area (Å²) in [5.74, 6) is 0. The summed E-state index contributed by atoms with van der Waals surface area (Å²) in [7, 11) is 2.91. The molecule has 0 N–H and O–H groups in total. The molecule has 0 aliphatic carbocycles. The Labute approximate surface area is 144 Å². The number of rotatable bonds is 5. The van der Waals surface area contributed by atoms with Crippen LogP contribution >= 0.6 is 7.23 Å². The van der Waals surface area contributed by atoms with Gasteiger partial charge in [0.25, 0.3) is 0 Å². The maximum absolute atomic E-state index is 4.94. The van der Waals surface area contributed by atoms with Crippen LogP contribution in [0.15, 0.2) is 73.3 Å². The monoisotopic (exact) mass is 335 g/mol. The molecule has 2 heterocycles. The van der Waals surface area contributed by atoms with Crippen molar-refractivity contribution in [1.29, 1.82) is 0 Å². The fraction of sp³-hybridized carbons (Fsp3) is 0.111. The Balaban J connectivity index is 1.72. The summed E-state index contributed by atoms with van der Waals surface area (Å²) in [6.45, 7) is 2.90. The van der Waals surface area contributed by atoms with Crippen LogP contribution < -0.4 is 14.6 Å². The van der Waals surface area contributed by atoms with E-state index < -0.39 is 0 Å². The highest BCUT2D eigenvalue weighted by Gasteiger charge is 2.05. The largest absolute Gasteiger partial charge is 0.236 e. The lowest BCUT2D eigenvalue weighted by molar-refractivity contribution is -0.688. The van der Waals surface area contributed by atoms with Gasteiger partial charge in [0, 0.05) is 29.8 Å². The van der Waals surface area contributed by atoms with Crippen molar-refractivity contribution < 1.29 is 9.13 Å². The molecule has 5 heteroatoms. The van der Waals surface area contributed by atoms with E-state index >= 15 is 0 Å². The predicted molar refractivity (Wildman–Crippen MR) is 98.5 cm³/mol. The van der Waals surface area contributed by atoms with Crippen LogP contribution in [0.2, 0.25) is 0 Å². The molecule has 3 rings (SSSR count). The van der Waals surface area contributed by atoms with Gasteiger partial charge in [0.1, 0.15) is 7.05 Å². The second-order valence-corrected chi connectivity index (χ2v) is 6.59. The first-order chi connectivity index (χ1) is 11.2. The Bertz CT molecular complexity index is 787. The summed E-state index contributed by atoms with van der Waals surface area (Å²) in [4.78, 5) is 0. The van der Waals surface area contributed by atoms with Crippen molar-refractivity contribution in [3.8, 4) is 11.1 Å². The van der Waals surface area contributed by atoms with Crippen LogP contribution in [0.5, 0.6) is 0 Å². The summed E-state index contributed by atoms with van der Waals surface area (Å²) in [5.41, 5.74) is 4.94. The zero-order valence-electron chi connectivity index (χ0n) is 13.0. The fourth-order valence-electron chi connectivity index (χ4n) is 2.43. The lowest BCUT2D eigenvalue weighted by Crippen LogP contribution is -2.33. The molecule has 3 aromatic rings. The Morgan fingerprint density at radius 2 is 1.43 bits per heavy atom. The second kappa shape index (κ2) is 7.58. The normalized spacial score (nSPS) is 10.7. The maximum atomic E-state index is 4.94. The average Bonchev–Trinajstić information content (AvgIpc) is 2.58. The van der Waals surface area contributed by atoms with Crippen molar-refractivity contribution in [2.45, 2.75) is 6.54 Å². The van der Waals surface area contributed by atoms with Crippen LogP contribution in [0.1, 0.15) is 5.56 Å². The summed E-state index contributed by atoms with van der Waals surface area (Å²) in [6, 6.07) is 17.1. The van der Waals surface area contributed by atoms with Gasteiger partial charge in [-0.15, -0.1) is 0 Å². The molecule has 0 bridgehead atoms. The molecule has 0 spiro atoms. The van der Waals surface area contributed by atoms with E-state index in [9.17, 15) is 0 Å². The zero-order chi connectivity index (χ0) is 16.1. The van der Waals surface area contributed by atoms with Crippen molar-refractivity contribution in [2.24, 2.45) is 7.05 Å². The van der Waals surface area contributed by atoms with Crippen LogP contribution in [0.4, 0.5) is 0 Å². The van der Waals surface area contributed by atoms with Crippen molar-refractivity contribution in [1.82, 2.24) is 0 Å². The number of aryl methyl sites for hydroxylation is 1. The molecule has 0 amide bonds. The first kappa shape index (κ1) is 16.0. The minimum atomic E-state index is 0.871. The molecule has 0 aliphatic rings. The quantitative estimate of drug-likeness (QED) is 0.394. The van der Waals surface area contributed by atoms with E-state index in [2.05, 4.69) is 77.9 Å². The zero-order valence-corrected chi connectivity index (χ0v) is 14.7. The average molecular weight is 335 g/mol. The van der Waals surface area contributed by atoms with Crippen molar-refractivity contribution >= 4 is 31.5 Å². The van der Waals surface area contributed by atoms with E-state index in [0.29, 0.717) is 0 Å². The van der Waals surface area contributed by atoms with E-state index in [0.717, 1.165) is 13.8 Å². The predicted octanol–water partition coefficient (Wildman–Crippen LogP) is 2.17. The summed E-state index contributed by atoms with van der Waals surface area (Å²) in [6.07, 6.45) is 8.39. The van der Waals surface area contributed by atoms with Gasteiger partial charge in [-0.1, -0.05) is 48.8 Å². The van der Waals surface area contributed by atoms with Gasteiger partial charge in [0.2, 0.25) is 7.00 Å². The number of pyridine rings is 2. The molecule has 2 nitrogen and oxygen atoms in total. The molecule has 111 valence electrons. The molecular weight excluding hydrogens is 318 g/mol. The van der Waals surface area contributed by atoms with Gasteiger partial charge >= 0.3 is 0 Å². The van der Waals surface area contributed by atoms with E-state index in [1.165, 1.54) is 22.2 Å². The Morgan fingerprint density at radius 3 is 2.00 bits per heavy atom. The molecule has 0 saturated carbocycles. The minimum absolute atomic E-state index is 0.871. The van der Waals surface area contributed by atoms with Crippen LogP contribution in [0, 0.1) is 0 Å². The first-order valence-electron chi connectivity index (χ1n) is 7.44. The smallest absolute Gasteiger partial charge is 0.208 e. The lowest BCUT2D eigenvalue weighted by atomic mass is 9.93. The van der Waals surface area contributed by atoms with E-state index in [1.54, 1.807) is 0 Å². The maximum Gasteiger partial charge on any atom is 0.236 e. The van der Waals surface area contributed by atoms with Gasteiger partial charge in [-0.2, -0.15) is 0 Å². The van der Waals surface area contributed by atoms with Gasteiger partial charge < -0.3 is 0 Å². The summed E-state index contributed by atoms with van der Waals surface area (Å²) < 4.78 is 4.23. The van der Waals surface area contributed by atoms with E-state index in [1.807, 2.05) is 18.6 Å². The fourth-order valence-corrected chi connectivity index (χ4v) is 3.09. The standard InChI is InChI=1S/C18H17BN2PS/c1-20-10-6-16(7-11-20)17-8-12-21(13-9-17)14-15-2-4-18(5-3-15)19-22-23/h2-13H,14H2,1H3/q+2. The molecule has 0 atom stereocenters. The highest BCUT2D eigenvalue weighted by molar-refractivity contribution is 8.09. The number of nitrogens with zero attached hydrogens (tertiary/aromatic N) is 2. The molecule has 0 fully saturated rings. The van der Waals surface area contributed by atoms with Gasteiger partial charge in [-0.3, -0.25) is 0 Å². The molecular formula is C18H17BN2PS+2. The third-order valence-corrected chi connectivity index (χ3v) is 4.47. The third-order valence-electron chi connectivity index (χ3n) is 3.75. The van der Waals surface area contributed by atoms with Crippen LogP contribution in [-0.2, 0) is 25.4 Å². The molecule has 0 saturated heterocycles. The van der Waals surface area contributed by atoms with Crippen molar-refractivity contribution in [2.75, 3.05) is 0 Å². The van der Waals surface area contributed by atoms with Gasteiger partial charge in [-0.25, -0.2) is 9.13 Å². The van der Waals surface area contributed by atoms with Crippen molar-refractivity contribution in [3.05, 3.63) is 78.9 Å². The molecule has 0 aliphatic heterocycles. The molecule has 23 heavy (non-hydrogen) atoms. The topological polar surface area (TPSA) is 7.76 Å². The highest BCUT2D eigenvalue weighted by Crippen LogP contribution is 2.15. The van der Waals surface area contributed by atoms with Gasteiger partial charge in [0.15, 0.2) is 31.3 Å². The Kier molecular flexibility index (Phi) is 5.27. The lowest BCUT2D eigenvalue weighted by Gasteiger charge is -2.02. The Hall–Kier alpha value is -1.90. The molecule has 0 unspecified atom stereocenters. The summed E-state index contributed by atoms with van der Waals surface area (Å²) >= 11 is 4.94. The number of hydrogen-bond donors (Lipinski definition) is 0. The number of benzene rings is 1. The Morgan fingerprint density at radius 1 is 0.870 bits per heavy atom. The highest BCUT2D eigenvalue weighted by atomic mass is 32.4. The van der Waals surface area contributed by atoms with E-state index in [-0.39, 0.29) is 0 Å². The van der Waals surface area contributed by atoms with Gasteiger partial charge in [0.05, 0.1) is 0 Å². The molecule has 1 aromatic carbocycles. The third kappa shape index (κ3) is 4.31. The van der Waals surface area contributed by atoms with Crippen molar-refractivity contribution in [3.63, 3.8) is 0 Å². The van der Waals surface area contributed by atoms with Gasteiger partial charge in [-0.05, 0) is 11.1 Å². The van der Waals surface area contributed by atoms with Crippen LogP contribution in [0.3, 0.4) is 0 Å². The minimum Gasteiger partial charge on any atom is -0.208 e.